The topological polar surface area (TPSA) is 43.9 Å². The minimum atomic E-state index is -0.191. The molecule has 3 fully saturated rings. The van der Waals surface area contributed by atoms with Crippen molar-refractivity contribution in [1.29, 1.82) is 0 Å². The lowest BCUT2D eigenvalue weighted by molar-refractivity contribution is -0.137. The molecule has 0 radical (unpaired) electrons. The molecule has 4 rings (SSSR count). The zero-order valence-electron chi connectivity index (χ0n) is 17.3. The van der Waals surface area contributed by atoms with Crippen molar-refractivity contribution < 1.29 is 9.59 Å². The summed E-state index contributed by atoms with van der Waals surface area (Å²) >= 11 is 0. The molecular weight excluding hydrogens is 350 g/mol. The number of amides is 2. The minimum Gasteiger partial charge on any atom is -0.372 e. The second-order valence-electron chi connectivity index (χ2n) is 9.10. The first-order valence-electron chi connectivity index (χ1n) is 11.0. The zero-order valence-corrected chi connectivity index (χ0v) is 17.3. The van der Waals surface area contributed by atoms with E-state index >= 15 is 0 Å². The van der Waals surface area contributed by atoms with E-state index in [1.165, 1.54) is 18.5 Å². The molecule has 1 unspecified atom stereocenters. The molecule has 0 saturated carbocycles. The number of carbonyl (C=O) groups excluding carboxylic acids is 2. The van der Waals surface area contributed by atoms with Crippen LogP contribution in [0.3, 0.4) is 0 Å². The van der Waals surface area contributed by atoms with Crippen LogP contribution in [0.2, 0.25) is 0 Å². The van der Waals surface area contributed by atoms with Gasteiger partial charge in [-0.25, -0.2) is 0 Å². The largest absolute Gasteiger partial charge is 0.372 e. The average Bonchev–Trinajstić information content (AvgIpc) is 3.10. The molecule has 28 heavy (non-hydrogen) atoms. The highest BCUT2D eigenvalue weighted by Crippen LogP contribution is 2.30. The number of carbonyl (C=O) groups is 2. The maximum atomic E-state index is 12.9. The van der Waals surface area contributed by atoms with Crippen molar-refractivity contribution in [1.82, 2.24) is 4.90 Å². The van der Waals surface area contributed by atoms with Gasteiger partial charge >= 0.3 is 0 Å². The van der Waals surface area contributed by atoms with Crippen LogP contribution in [0.15, 0.2) is 24.3 Å². The van der Waals surface area contributed by atoms with Gasteiger partial charge in [-0.1, -0.05) is 13.8 Å². The maximum absolute atomic E-state index is 12.9. The van der Waals surface area contributed by atoms with E-state index in [0.29, 0.717) is 18.9 Å². The number of nitrogens with zero attached hydrogens (tertiary/aromatic N) is 3. The van der Waals surface area contributed by atoms with Gasteiger partial charge in [0.2, 0.25) is 11.8 Å². The molecule has 1 aromatic rings. The quantitative estimate of drug-likeness (QED) is 0.802. The van der Waals surface area contributed by atoms with Crippen LogP contribution < -0.4 is 9.80 Å². The van der Waals surface area contributed by atoms with E-state index in [0.717, 1.165) is 50.6 Å². The Morgan fingerprint density at radius 2 is 1.39 bits per heavy atom. The Balaban J connectivity index is 1.38. The second kappa shape index (κ2) is 8.14. The number of hydrogen-bond donors (Lipinski definition) is 0. The normalized spacial score (nSPS) is 24.9. The zero-order chi connectivity index (χ0) is 19.7. The van der Waals surface area contributed by atoms with Gasteiger partial charge in [0.1, 0.15) is 0 Å². The lowest BCUT2D eigenvalue weighted by atomic mass is 9.97. The van der Waals surface area contributed by atoms with Gasteiger partial charge in [0.25, 0.3) is 0 Å². The highest BCUT2D eigenvalue weighted by molar-refractivity contribution is 6.00. The van der Waals surface area contributed by atoms with Crippen molar-refractivity contribution in [3.05, 3.63) is 24.3 Å². The molecule has 2 amide bonds. The fraction of sp³-hybridized carbons (Fsp3) is 0.652. The summed E-state index contributed by atoms with van der Waals surface area (Å²) < 4.78 is 0. The van der Waals surface area contributed by atoms with Crippen molar-refractivity contribution in [3.8, 4) is 0 Å². The molecule has 1 aromatic carbocycles. The van der Waals surface area contributed by atoms with Crippen molar-refractivity contribution in [2.45, 2.75) is 46.0 Å². The van der Waals surface area contributed by atoms with Crippen LogP contribution in [0, 0.1) is 17.8 Å². The summed E-state index contributed by atoms with van der Waals surface area (Å²) in [5.74, 6) is 1.57. The van der Waals surface area contributed by atoms with Gasteiger partial charge in [0.05, 0.1) is 5.92 Å². The van der Waals surface area contributed by atoms with Gasteiger partial charge in [-0.15, -0.1) is 0 Å². The number of piperidine rings is 2. The Morgan fingerprint density at radius 1 is 0.857 bits per heavy atom. The predicted molar refractivity (Wildman–Crippen MR) is 112 cm³/mol. The first kappa shape index (κ1) is 19.3. The van der Waals surface area contributed by atoms with Crippen LogP contribution in [-0.4, -0.2) is 49.4 Å². The van der Waals surface area contributed by atoms with Gasteiger partial charge in [-0.2, -0.15) is 0 Å². The fourth-order valence-corrected chi connectivity index (χ4v) is 4.72. The Kier molecular flexibility index (Phi) is 5.61. The first-order valence-corrected chi connectivity index (χ1v) is 11.0. The van der Waals surface area contributed by atoms with Gasteiger partial charge < -0.3 is 14.7 Å². The van der Waals surface area contributed by atoms with Gasteiger partial charge in [-0.3, -0.25) is 9.59 Å². The number of anilines is 2. The molecule has 3 heterocycles. The number of likely N-dealkylation sites (tertiary alicyclic amines) is 1. The Bertz CT molecular complexity index is 701. The number of rotatable bonds is 3. The molecule has 152 valence electrons. The molecule has 0 aromatic heterocycles. The third-order valence-corrected chi connectivity index (χ3v) is 6.88. The highest BCUT2D eigenvalue weighted by atomic mass is 16.2. The van der Waals surface area contributed by atoms with Crippen LogP contribution in [0.1, 0.15) is 46.0 Å². The standard InChI is InChI=1S/C23H33N3O2/c1-17-7-11-24(12-8-17)20-3-5-21(6-4-20)26-16-19(15-22(26)27)23(28)25-13-9-18(2)10-14-25/h3-6,17-19H,7-16H2,1-2H3. The van der Waals surface area contributed by atoms with E-state index in [4.69, 9.17) is 0 Å². The molecule has 5 heteroatoms. The molecule has 5 nitrogen and oxygen atoms in total. The van der Waals surface area contributed by atoms with Gasteiger partial charge in [0.15, 0.2) is 0 Å². The van der Waals surface area contributed by atoms with Crippen LogP contribution in [-0.2, 0) is 9.59 Å². The van der Waals surface area contributed by atoms with Crippen molar-refractivity contribution in [2.24, 2.45) is 17.8 Å². The summed E-state index contributed by atoms with van der Waals surface area (Å²) in [6, 6.07) is 8.33. The lowest BCUT2D eigenvalue weighted by Crippen LogP contribution is -2.42. The third-order valence-electron chi connectivity index (χ3n) is 6.88. The van der Waals surface area contributed by atoms with E-state index in [1.54, 1.807) is 4.90 Å². The van der Waals surface area contributed by atoms with E-state index < -0.39 is 0 Å². The summed E-state index contributed by atoms with van der Waals surface area (Å²) in [7, 11) is 0. The fourth-order valence-electron chi connectivity index (χ4n) is 4.72. The van der Waals surface area contributed by atoms with Crippen LogP contribution in [0.4, 0.5) is 11.4 Å². The molecule has 0 bridgehead atoms. The van der Waals surface area contributed by atoms with Crippen molar-refractivity contribution in [3.63, 3.8) is 0 Å². The summed E-state index contributed by atoms with van der Waals surface area (Å²) in [6.07, 6.45) is 4.98. The maximum Gasteiger partial charge on any atom is 0.228 e. The van der Waals surface area contributed by atoms with E-state index in [-0.39, 0.29) is 17.7 Å². The SMILES string of the molecule is CC1CCN(C(=O)C2CC(=O)N(c3ccc(N4CCC(C)CC4)cc3)C2)CC1. The molecule has 3 aliphatic heterocycles. The minimum absolute atomic E-state index is 0.0725. The van der Waals surface area contributed by atoms with Gasteiger partial charge in [0, 0.05) is 50.5 Å². The van der Waals surface area contributed by atoms with Crippen molar-refractivity contribution >= 4 is 23.2 Å². The summed E-state index contributed by atoms with van der Waals surface area (Å²) in [5, 5.41) is 0. The van der Waals surface area contributed by atoms with Crippen LogP contribution in [0.5, 0.6) is 0 Å². The molecule has 0 N–H and O–H groups in total. The predicted octanol–water partition coefficient (Wildman–Crippen LogP) is 3.53. The highest BCUT2D eigenvalue weighted by Gasteiger charge is 2.37. The van der Waals surface area contributed by atoms with Crippen LogP contribution in [0.25, 0.3) is 0 Å². The van der Waals surface area contributed by atoms with Crippen molar-refractivity contribution in [2.75, 3.05) is 42.5 Å². The van der Waals surface area contributed by atoms with Gasteiger partial charge in [-0.05, 0) is 61.8 Å². The molecule has 3 saturated heterocycles. The summed E-state index contributed by atoms with van der Waals surface area (Å²) in [6.45, 7) is 8.98. The van der Waals surface area contributed by atoms with Crippen LogP contribution >= 0.6 is 0 Å². The van der Waals surface area contributed by atoms with E-state index in [2.05, 4.69) is 30.9 Å². The third kappa shape index (κ3) is 4.03. The average molecular weight is 384 g/mol. The van der Waals surface area contributed by atoms with E-state index in [1.807, 2.05) is 17.0 Å². The summed E-state index contributed by atoms with van der Waals surface area (Å²) in [4.78, 5) is 31.7. The molecule has 3 aliphatic rings. The Morgan fingerprint density at radius 3 is 2.00 bits per heavy atom. The number of benzene rings is 1. The smallest absolute Gasteiger partial charge is 0.228 e. The monoisotopic (exact) mass is 383 g/mol. The summed E-state index contributed by atoms with van der Waals surface area (Å²) in [5.41, 5.74) is 2.15. The molecule has 0 aliphatic carbocycles. The van der Waals surface area contributed by atoms with E-state index in [9.17, 15) is 9.59 Å². The molecule has 0 spiro atoms. The molecular formula is C23H33N3O2. The Hall–Kier alpha value is -2.04. The lowest BCUT2D eigenvalue weighted by Gasteiger charge is -2.32. The molecule has 1 atom stereocenters. The number of hydrogen-bond acceptors (Lipinski definition) is 3. The Labute approximate surface area is 168 Å². The first-order chi connectivity index (χ1) is 13.5. The second-order valence-corrected chi connectivity index (χ2v) is 9.10.